The van der Waals surface area contributed by atoms with Gasteiger partial charge in [-0.15, -0.1) is 11.3 Å². The summed E-state index contributed by atoms with van der Waals surface area (Å²) in [5.41, 5.74) is 4.62. The van der Waals surface area contributed by atoms with Crippen LogP contribution in [0.15, 0.2) is 55.1 Å². The zero-order valence-electron chi connectivity index (χ0n) is 18.7. The fraction of sp³-hybridized carbons (Fsp3) is 0.167. The molecule has 5 aromatic rings. The summed E-state index contributed by atoms with van der Waals surface area (Å²) < 4.78 is 17.3. The molecule has 0 saturated heterocycles. The van der Waals surface area contributed by atoms with Crippen molar-refractivity contribution in [1.82, 2.24) is 29.7 Å². The van der Waals surface area contributed by atoms with Gasteiger partial charge in [0, 0.05) is 46.0 Å². The Bertz CT molecular complexity index is 1540. The summed E-state index contributed by atoms with van der Waals surface area (Å²) >= 11 is 7.16. The van der Waals surface area contributed by atoms with E-state index in [1.165, 1.54) is 23.5 Å². The number of carbonyl (C=O) groups is 1. The number of carbonyl (C=O) groups excluding carboxylic acids is 1. The highest BCUT2D eigenvalue weighted by atomic mass is 35.5. The normalized spacial score (nSPS) is 12.3. The van der Waals surface area contributed by atoms with Crippen molar-refractivity contribution in [3.05, 3.63) is 81.4 Å². The number of aliphatic hydroxyl groups is 1. The Kier molecular flexibility index (Phi) is 6.10. The number of rotatable bonds is 6. The average Bonchev–Trinajstić information content (AvgIpc) is 3.54. The number of pyridine rings is 1. The number of aryl methyl sites for hydroxylation is 2. The maximum Gasteiger partial charge on any atom is 0.280 e. The zero-order valence-corrected chi connectivity index (χ0v) is 20.3. The summed E-state index contributed by atoms with van der Waals surface area (Å²) in [6.45, 7) is 1.46. The Morgan fingerprint density at radius 1 is 1.20 bits per heavy atom. The van der Waals surface area contributed by atoms with Gasteiger partial charge in [-0.25, -0.2) is 13.9 Å². The number of hydrogen-bond acceptors (Lipinski definition) is 6. The van der Waals surface area contributed by atoms with Crippen LogP contribution in [0.2, 0.25) is 5.02 Å². The van der Waals surface area contributed by atoms with E-state index < -0.39 is 24.4 Å². The molecule has 0 unspecified atom stereocenters. The quantitative estimate of drug-likeness (QED) is 0.352. The minimum absolute atomic E-state index is 0.180. The van der Waals surface area contributed by atoms with Crippen molar-refractivity contribution in [3.8, 4) is 22.4 Å². The van der Waals surface area contributed by atoms with Crippen LogP contribution in [0.3, 0.4) is 0 Å². The molecular weight excluding hydrogens is 491 g/mol. The van der Waals surface area contributed by atoms with Crippen molar-refractivity contribution in [2.45, 2.75) is 13.0 Å². The van der Waals surface area contributed by atoms with Crippen LogP contribution in [0.25, 0.3) is 27.9 Å². The lowest BCUT2D eigenvalue weighted by atomic mass is 10.1. The Labute approximate surface area is 208 Å². The SMILES string of the molecule is Cc1sc(C(=O)N[C@H](CO)c2cc(F)cc(Cl)c2)nc1-c1cnn2cc(-c3cnn(C)c3)ccc12. The van der Waals surface area contributed by atoms with Gasteiger partial charge >= 0.3 is 0 Å². The molecule has 35 heavy (non-hydrogen) atoms. The molecule has 2 N–H and O–H groups in total. The van der Waals surface area contributed by atoms with Crippen LogP contribution in [-0.2, 0) is 7.05 Å². The van der Waals surface area contributed by atoms with E-state index in [0.29, 0.717) is 11.3 Å². The summed E-state index contributed by atoms with van der Waals surface area (Å²) in [6.07, 6.45) is 7.36. The molecule has 11 heteroatoms. The molecule has 178 valence electrons. The summed E-state index contributed by atoms with van der Waals surface area (Å²) in [4.78, 5) is 18.3. The van der Waals surface area contributed by atoms with Crippen LogP contribution in [0.1, 0.15) is 26.3 Å². The molecular formula is C24H20ClFN6O2S. The third-order valence-corrected chi connectivity index (χ3v) is 6.76. The van der Waals surface area contributed by atoms with Crippen molar-refractivity contribution >= 4 is 34.4 Å². The molecule has 0 fully saturated rings. The number of thiazole rings is 1. The molecule has 0 aliphatic rings. The molecule has 0 spiro atoms. The molecule has 4 heterocycles. The molecule has 8 nitrogen and oxygen atoms in total. The summed E-state index contributed by atoms with van der Waals surface area (Å²) in [6, 6.07) is 7.01. The number of nitrogens with one attached hydrogen (secondary N) is 1. The van der Waals surface area contributed by atoms with E-state index in [-0.39, 0.29) is 10.0 Å². The van der Waals surface area contributed by atoms with Crippen LogP contribution in [0.4, 0.5) is 4.39 Å². The minimum atomic E-state index is -0.828. The first-order valence-corrected chi connectivity index (χ1v) is 11.8. The van der Waals surface area contributed by atoms with Gasteiger partial charge in [0.05, 0.1) is 36.3 Å². The minimum Gasteiger partial charge on any atom is -0.394 e. The lowest BCUT2D eigenvalue weighted by Crippen LogP contribution is -2.30. The van der Waals surface area contributed by atoms with E-state index in [0.717, 1.165) is 33.2 Å². The van der Waals surface area contributed by atoms with Crippen molar-refractivity contribution in [3.63, 3.8) is 0 Å². The first-order chi connectivity index (χ1) is 16.8. The monoisotopic (exact) mass is 510 g/mol. The highest BCUT2D eigenvalue weighted by Gasteiger charge is 2.22. The number of aliphatic hydroxyl groups excluding tert-OH is 1. The number of nitrogens with zero attached hydrogens (tertiary/aromatic N) is 5. The summed E-state index contributed by atoms with van der Waals surface area (Å²) in [7, 11) is 1.86. The van der Waals surface area contributed by atoms with Crippen LogP contribution >= 0.6 is 22.9 Å². The van der Waals surface area contributed by atoms with E-state index >= 15 is 0 Å². The summed E-state index contributed by atoms with van der Waals surface area (Å²) in [5.74, 6) is -1.02. The standard InChI is InChI=1S/C24H20ClFN6O2S/c1-13-22(19-9-28-32-11-14(3-4-21(19)32)16-8-27-31(2)10-16)30-24(35-13)23(34)29-20(12-33)15-5-17(25)7-18(26)6-15/h3-11,20,33H,12H2,1-2H3,(H,29,34)/t20-/m1/s1. The van der Waals surface area contributed by atoms with Gasteiger partial charge in [0.25, 0.3) is 5.91 Å². The van der Waals surface area contributed by atoms with Crippen LogP contribution in [0, 0.1) is 12.7 Å². The predicted molar refractivity (Wildman–Crippen MR) is 132 cm³/mol. The van der Waals surface area contributed by atoms with Gasteiger partial charge in [0.15, 0.2) is 5.01 Å². The lowest BCUT2D eigenvalue weighted by Gasteiger charge is -2.16. The highest BCUT2D eigenvalue weighted by molar-refractivity contribution is 7.14. The maximum absolute atomic E-state index is 13.7. The fourth-order valence-corrected chi connectivity index (χ4v) is 4.94. The molecule has 0 saturated carbocycles. The van der Waals surface area contributed by atoms with Crippen LogP contribution in [-0.4, -0.2) is 42.0 Å². The summed E-state index contributed by atoms with van der Waals surface area (Å²) in [5, 5.41) is 21.6. The smallest absolute Gasteiger partial charge is 0.280 e. The molecule has 0 bridgehead atoms. The fourth-order valence-electron chi connectivity index (χ4n) is 3.88. The Morgan fingerprint density at radius 2 is 2.03 bits per heavy atom. The van der Waals surface area contributed by atoms with Gasteiger partial charge in [-0.1, -0.05) is 17.7 Å². The molecule has 0 aliphatic heterocycles. The van der Waals surface area contributed by atoms with E-state index in [1.54, 1.807) is 21.6 Å². The van der Waals surface area contributed by atoms with E-state index in [1.807, 2.05) is 38.5 Å². The van der Waals surface area contributed by atoms with E-state index in [4.69, 9.17) is 11.6 Å². The number of amides is 1. The van der Waals surface area contributed by atoms with Gasteiger partial charge in [0.2, 0.25) is 0 Å². The molecule has 0 aliphatic carbocycles. The average molecular weight is 511 g/mol. The predicted octanol–water partition coefficient (Wildman–Crippen LogP) is 4.42. The maximum atomic E-state index is 13.7. The Morgan fingerprint density at radius 3 is 2.74 bits per heavy atom. The number of aromatic nitrogens is 5. The molecule has 1 amide bonds. The van der Waals surface area contributed by atoms with Gasteiger partial charge in [-0.2, -0.15) is 10.2 Å². The molecule has 1 aromatic carbocycles. The van der Waals surface area contributed by atoms with Gasteiger partial charge in [-0.3, -0.25) is 9.48 Å². The topological polar surface area (TPSA) is 97.3 Å². The van der Waals surface area contributed by atoms with Gasteiger partial charge in [0.1, 0.15) is 5.82 Å². The Balaban J connectivity index is 1.42. The molecule has 5 rings (SSSR count). The third kappa shape index (κ3) is 4.55. The van der Waals surface area contributed by atoms with Crippen molar-refractivity contribution in [1.29, 1.82) is 0 Å². The first kappa shape index (κ1) is 23.2. The zero-order chi connectivity index (χ0) is 24.7. The third-order valence-electron chi connectivity index (χ3n) is 5.58. The van der Waals surface area contributed by atoms with Gasteiger partial charge in [-0.05, 0) is 36.8 Å². The molecule has 4 aromatic heterocycles. The number of hydrogen-bond donors (Lipinski definition) is 2. The second-order valence-corrected chi connectivity index (χ2v) is 9.68. The lowest BCUT2D eigenvalue weighted by molar-refractivity contribution is 0.0915. The Hall–Kier alpha value is -3.60. The number of halogens is 2. The van der Waals surface area contributed by atoms with Crippen molar-refractivity contribution < 1.29 is 14.3 Å². The van der Waals surface area contributed by atoms with E-state index in [2.05, 4.69) is 20.5 Å². The second-order valence-electron chi connectivity index (χ2n) is 8.04. The van der Waals surface area contributed by atoms with E-state index in [9.17, 15) is 14.3 Å². The molecule has 0 radical (unpaired) electrons. The molecule has 1 atom stereocenters. The van der Waals surface area contributed by atoms with Crippen molar-refractivity contribution in [2.24, 2.45) is 7.05 Å². The number of benzene rings is 1. The highest BCUT2D eigenvalue weighted by Crippen LogP contribution is 2.32. The van der Waals surface area contributed by atoms with Crippen LogP contribution < -0.4 is 5.32 Å². The second kappa shape index (κ2) is 9.21. The van der Waals surface area contributed by atoms with Crippen LogP contribution in [0.5, 0.6) is 0 Å². The van der Waals surface area contributed by atoms with Crippen molar-refractivity contribution in [2.75, 3.05) is 6.61 Å². The largest absolute Gasteiger partial charge is 0.394 e. The van der Waals surface area contributed by atoms with Gasteiger partial charge < -0.3 is 10.4 Å². The number of fused-ring (bicyclic) bond motifs is 1. The first-order valence-electron chi connectivity index (χ1n) is 10.6.